The molecule has 1 aliphatic heterocycles. The lowest BCUT2D eigenvalue weighted by Gasteiger charge is -2.44. The van der Waals surface area contributed by atoms with Gasteiger partial charge in [-0.1, -0.05) is 24.6 Å². The molecule has 5 rings (SSSR count). The molecule has 0 radical (unpaired) electrons. The van der Waals surface area contributed by atoms with E-state index >= 15 is 0 Å². The van der Waals surface area contributed by atoms with Crippen molar-refractivity contribution in [3.8, 4) is 22.8 Å². The second-order valence-corrected chi connectivity index (χ2v) is 9.88. The molecule has 1 saturated heterocycles. The van der Waals surface area contributed by atoms with E-state index in [1.807, 2.05) is 47.9 Å². The molecule has 2 aliphatic rings. The number of nitrogens with zero attached hydrogens (tertiary/aromatic N) is 5. The Labute approximate surface area is 204 Å². The first-order valence-corrected chi connectivity index (χ1v) is 13.2. The highest BCUT2D eigenvalue weighted by molar-refractivity contribution is 7.99. The van der Waals surface area contributed by atoms with Crippen LogP contribution in [0.4, 0.5) is 0 Å². The van der Waals surface area contributed by atoms with Crippen molar-refractivity contribution in [1.82, 2.24) is 24.6 Å². The fraction of sp³-hybridized carbons (Fsp3) is 0.462. The summed E-state index contributed by atoms with van der Waals surface area (Å²) in [6.45, 7) is 3.48. The maximum absolute atomic E-state index is 13.3. The van der Waals surface area contributed by atoms with Crippen molar-refractivity contribution < 1.29 is 9.53 Å². The van der Waals surface area contributed by atoms with E-state index in [1.165, 1.54) is 37.4 Å². The van der Waals surface area contributed by atoms with Crippen LogP contribution >= 0.6 is 11.8 Å². The number of rotatable bonds is 7. The van der Waals surface area contributed by atoms with E-state index in [0.29, 0.717) is 29.5 Å². The number of pyridine rings is 1. The molecular weight excluding hydrogens is 446 g/mol. The number of fused-ring (bicyclic) bond motifs is 1. The molecule has 7 nitrogen and oxygen atoms in total. The van der Waals surface area contributed by atoms with Crippen LogP contribution in [0.2, 0.25) is 0 Å². The smallest absolute Gasteiger partial charge is 0.233 e. The van der Waals surface area contributed by atoms with Crippen LogP contribution in [0.15, 0.2) is 53.9 Å². The number of likely N-dealkylation sites (tertiary alicyclic amines) is 1. The van der Waals surface area contributed by atoms with Crippen molar-refractivity contribution in [3.05, 3.63) is 48.8 Å². The number of aromatic nitrogens is 4. The van der Waals surface area contributed by atoms with Crippen LogP contribution in [0.1, 0.15) is 45.4 Å². The van der Waals surface area contributed by atoms with Crippen molar-refractivity contribution >= 4 is 17.7 Å². The van der Waals surface area contributed by atoms with E-state index in [4.69, 9.17) is 4.74 Å². The molecule has 1 amide bonds. The topological polar surface area (TPSA) is 73.1 Å². The number of amides is 1. The molecule has 1 aromatic carbocycles. The molecule has 34 heavy (non-hydrogen) atoms. The van der Waals surface area contributed by atoms with Gasteiger partial charge in [-0.15, -0.1) is 10.2 Å². The monoisotopic (exact) mass is 477 g/mol. The van der Waals surface area contributed by atoms with Gasteiger partial charge in [0.05, 0.1) is 12.4 Å². The molecule has 8 heteroatoms. The Morgan fingerprint density at radius 2 is 1.79 bits per heavy atom. The van der Waals surface area contributed by atoms with Crippen LogP contribution < -0.4 is 4.74 Å². The molecule has 178 valence electrons. The number of piperidine rings is 1. The Kier molecular flexibility index (Phi) is 7.13. The quantitative estimate of drug-likeness (QED) is 0.446. The SMILES string of the molecule is CCOc1ccc(-n2c(SCC(=O)N3CCC[C@H]4CCCC[C@H]43)nnc2-c2ccncc2)cc1. The van der Waals surface area contributed by atoms with Gasteiger partial charge in [0.2, 0.25) is 5.91 Å². The molecule has 2 atom stereocenters. The van der Waals surface area contributed by atoms with Crippen molar-refractivity contribution in [2.24, 2.45) is 5.92 Å². The van der Waals surface area contributed by atoms with Crippen LogP contribution in [-0.4, -0.2) is 55.5 Å². The normalized spacial score (nSPS) is 20.1. The summed E-state index contributed by atoms with van der Waals surface area (Å²) >= 11 is 1.46. The molecule has 0 bridgehead atoms. The third-order valence-corrected chi connectivity index (χ3v) is 7.78. The first-order valence-electron chi connectivity index (χ1n) is 12.3. The molecule has 0 N–H and O–H groups in total. The summed E-state index contributed by atoms with van der Waals surface area (Å²) in [7, 11) is 0. The predicted octanol–water partition coefficient (Wildman–Crippen LogP) is 5.00. The summed E-state index contributed by atoms with van der Waals surface area (Å²) in [6, 6.07) is 12.2. The Hall–Kier alpha value is -2.87. The maximum atomic E-state index is 13.3. The molecular formula is C26H31N5O2S. The molecule has 1 aliphatic carbocycles. The molecule has 3 aromatic rings. The van der Waals surface area contributed by atoms with Crippen LogP contribution in [0.5, 0.6) is 5.75 Å². The first kappa shape index (κ1) is 22.9. The summed E-state index contributed by atoms with van der Waals surface area (Å²) in [5.74, 6) is 2.82. The highest BCUT2D eigenvalue weighted by Gasteiger charge is 2.35. The van der Waals surface area contributed by atoms with E-state index in [-0.39, 0.29) is 5.91 Å². The fourth-order valence-corrected chi connectivity index (χ4v) is 6.12. The van der Waals surface area contributed by atoms with Gasteiger partial charge in [-0.3, -0.25) is 14.3 Å². The third-order valence-electron chi connectivity index (χ3n) is 6.87. The van der Waals surface area contributed by atoms with E-state index in [2.05, 4.69) is 20.1 Å². The van der Waals surface area contributed by atoms with Crippen LogP contribution in [0.3, 0.4) is 0 Å². The van der Waals surface area contributed by atoms with E-state index in [1.54, 1.807) is 12.4 Å². The van der Waals surface area contributed by atoms with Gasteiger partial charge in [-0.2, -0.15) is 0 Å². The van der Waals surface area contributed by atoms with Gasteiger partial charge < -0.3 is 9.64 Å². The summed E-state index contributed by atoms with van der Waals surface area (Å²) in [5.41, 5.74) is 1.86. The highest BCUT2D eigenvalue weighted by Crippen LogP contribution is 2.36. The molecule has 0 spiro atoms. The second-order valence-electron chi connectivity index (χ2n) is 8.93. The van der Waals surface area contributed by atoms with E-state index < -0.39 is 0 Å². The average molecular weight is 478 g/mol. The van der Waals surface area contributed by atoms with Gasteiger partial charge >= 0.3 is 0 Å². The van der Waals surface area contributed by atoms with Crippen molar-refractivity contribution in [1.29, 1.82) is 0 Å². The van der Waals surface area contributed by atoms with Gasteiger partial charge in [0.1, 0.15) is 5.75 Å². The van der Waals surface area contributed by atoms with Crippen LogP contribution in [-0.2, 0) is 4.79 Å². The van der Waals surface area contributed by atoms with Gasteiger partial charge in [-0.05, 0) is 74.9 Å². The fourth-order valence-electron chi connectivity index (χ4n) is 5.29. The van der Waals surface area contributed by atoms with Gasteiger partial charge in [0.25, 0.3) is 0 Å². The lowest BCUT2D eigenvalue weighted by atomic mass is 9.78. The lowest BCUT2D eigenvalue weighted by molar-refractivity contribution is -0.134. The number of hydrogen-bond acceptors (Lipinski definition) is 6. The Balaban J connectivity index is 1.39. The minimum absolute atomic E-state index is 0.216. The maximum Gasteiger partial charge on any atom is 0.233 e. The molecule has 1 saturated carbocycles. The lowest BCUT2D eigenvalue weighted by Crippen LogP contribution is -2.50. The van der Waals surface area contributed by atoms with Crippen molar-refractivity contribution in [2.45, 2.75) is 56.6 Å². The molecule has 3 heterocycles. The number of carbonyl (C=O) groups excluding carboxylic acids is 1. The highest BCUT2D eigenvalue weighted by atomic mass is 32.2. The van der Waals surface area contributed by atoms with Gasteiger partial charge in [0.15, 0.2) is 11.0 Å². The minimum atomic E-state index is 0.216. The van der Waals surface area contributed by atoms with Gasteiger partial charge in [0, 0.05) is 36.2 Å². The average Bonchev–Trinajstić information content (AvgIpc) is 3.32. The summed E-state index contributed by atoms with van der Waals surface area (Å²) in [6.07, 6.45) is 10.8. The van der Waals surface area contributed by atoms with Crippen LogP contribution in [0, 0.1) is 5.92 Å². The Morgan fingerprint density at radius 1 is 1.03 bits per heavy atom. The summed E-state index contributed by atoms with van der Waals surface area (Å²) < 4.78 is 7.63. The summed E-state index contributed by atoms with van der Waals surface area (Å²) in [5, 5.41) is 9.68. The standard InChI is InChI=1S/C26H31N5O2S/c1-2-33-22-11-9-21(10-12-22)31-25(20-13-15-27-16-14-20)28-29-26(31)34-18-24(32)30-17-5-7-19-6-3-4-8-23(19)30/h9-16,19,23H,2-8,17-18H2,1H3/t19-,23-/m1/s1. The zero-order valence-corrected chi connectivity index (χ0v) is 20.4. The number of carbonyl (C=O) groups is 1. The second kappa shape index (κ2) is 10.6. The van der Waals surface area contributed by atoms with Gasteiger partial charge in [-0.25, -0.2) is 0 Å². The van der Waals surface area contributed by atoms with Crippen molar-refractivity contribution in [2.75, 3.05) is 18.9 Å². The third kappa shape index (κ3) is 4.82. The van der Waals surface area contributed by atoms with E-state index in [9.17, 15) is 4.79 Å². The number of thioether (sulfide) groups is 1. The minimum Gasteiger partial charge on any atom is -0.494 e. The zero-order valence-electron chi connectivity index (χ0n) is 19.6. The Morgan fingerprint density at radius 3 is 2.59 bits per heavy atom. The largest absolute Gasteiger partial charge is 0.494 e. The zero-order chi connectivity index (χ0) is 23.3. The number of hydrogen-bond donors (Lipinski definition) is 0. The predicted molar refractivity (Wildman–Crippen MR) is 133 cm³/mol. The van der Waals surface area contributed by atoms with Crippen molar-refractivity contribution in [3.63, 3.8) is 0 Å². The molecule has 2 aromatic heterocycles. The summed E-state index contributed by atoms with van der Waals surface area (Å²) in [4.78, 5) is 19.6. The van der Waals surface area contributed by atoms with Crippen LogP contribution in [0.25, 0.3) is 17.1 Å². The first-order chi connectivity index (χ1) is 16.7. The number of ether oxygens (including phenoxy) is 1. The number of benzene rings is 1. The Bertz CT molecular complexity index is 1100. The molecule has 2 fully saturated rings. The van der Waals surface area contributed by atoms with E-state index in [0.717, 1.165) is 42.2 Å². The molecule has 0 unspecified atom stereocenters.